The molecule has 0 saturated heterocycles. The maximum absolute atomic E-state index is 11.8. The van der Waals surface area contributed by atoms with Crippen LogP contribution in [-0.2, 0) is 17.8 Å². The number of hydrogen-bond donors (Lipinski definition) is 0. The molecule has 1 aliphatic rings. The van der Waals surface area contributed by atoms with Gasteiger partial charge in [-0.25, -0.2) is 0 Å². The van der Waals surface area contributed by atoms with E-state index in [1.165, 1.54) is 11.3 Å². The number of hydrogen-bond acceptors (Lipinski definition) is 2. The first-order valence-electron chi connectivity index (χ1n) is 6.71. The van der Waals surface area contributed by atoms with Gasteiger partial charge in [0.2, 0.25) is 0 Å². The molecule has 0 N–H and O–H groups in total. The van der Waals surface area contributed by atoms with Gasteiger partial charge in [0.25, 0.3) is 0 Å². The average Bonchev–Trinajstić information content (AvgIpc) is 2.60. The molecule has 0 unspecified atom stereocenters. The van der Waals surface area contributed by atoms with Crippen molar-refractivity contribution in [2.75, 3.05) is 11.4 Å². The predicted octanol–water partition coefficient (Wildman–Crippen LogP) is 3.21. The minimum absolute atomic E-state index is 0.336. The fraction of sp³-hybridized carbons (Fsp3) is 0.235. The van der Waals surface area contributed by atoms with Crippen molar-refractivity contribution in [3.63, 3.8) is 0 Å². The van der Waals surface area contributed by atoms with Gasteiger partial charge in [-0.1, -0.05) is 48.5 Å². The lowest BCUT2D eigenvalue weighted by Crippen LogP contribution is -2.24. The van der Waals surface area contributed by atoms with Gasteiger partial charge in [-0.2, -0.15) is 0 Å². The molecular weight excluding hydrogens is 234 g/mol. The third-order valence-electron chi connectivity index (χ3n) is 3.60. The molecule has 0 amide bonds. The van der Waals surface area contributed by atoms with Crippen LogP contribution in [0.15, 0.2) is 54.6 Å². The summed E-state index contributed by atoms with van der Waals surface area (Å²) in [7, 11) is 0. The molecule has 2 heteroatoms. The zero-order chi connectivity index (χ0) is 13.1. The number of para-hydroxylation sites is 1. The van der Waals surface area contributed by atoms with E-state index < -0.39 is 0 Å². The molecule has 3 rings (SSSR count). The number of benzene rings is 2. The van der Waals surface area contributed by atoms with Crippen LogP contribution in [0.5, 0.6) is 0 Å². The zero-order valence-corrected chi connectivity index (χ0v) is 10.9. The Bertz CT molecular complexity index is 577. The van der Waals surface area contributed by atoms with Gasteiger partial charge in [0.15, 0.2) is 0 Å². The Balaban J connectivity index is 1.91. The smallest absolute Gasteiger partial charge is 0.139 e. The first-order chi connectivity index (χ1) is 9.33. The van der Waals surface area contributed by atoms with Crippen molar-refractivity contribution >= 4 is 11.5 Å². The number of Topliss-reactive ketones (excluding diaryl/α,β-unsaturated/α-hetero) is 1. The lowest BCUT2D eigenvalue weighted by atomic mass is 10.1. The van der Waals surface area contributed by atoms with Crippen LogP contribution in [0.25, 0.3) is 0 Å². The van der Waals surface area contributed by atoms with E-state index in [-0.39, 0.29) is 0 Å². The highest BCUT2D eigenvalue weighted by Gasteiger charge is 2.18. The molecule has 2 aromatic rings. The summed E-state index contributed by atoms with van der Waals surface area (Å²) in [4.78, 5) is 14.1. The molecule has 0 fully saturated rings. The van der Waals surface area contributed by atoms with Gasteiger partial charge in [-0.05, 0) is 17.2 Å². The van der Waals surface area contributed by atoms with Crippen molar-refractivity contribution in [1.82, 2.24) is 0 Å². The van der Waals surface area contributed by atoms with Gasteiger partial charge >= 0.3 is 0 Å². The van der Waals surface area contributed by atoms with Gasteiger partial charge in [0.05, 0.1) is 0 Å². The van der Waals surface area contributed by atoms with Crippen molar-refractivity contribution in [3.05, 3.63) is 65.7 Å². The van der Waals surface area contributed by atoms with Crippen molar-refractivity contribution in [2.24, 2.45) is 0 Å². The minimum Gasteiger partial charge on any atom is -0.367 e. The topological polar surface area (TPSA) is 20.3 Å². The van der Waals surface area contributed by atoms with E-state index in [9.17, 15) is 4.79 Å². The van der Waals surface area contributed by atoms with E-state index in [1.54, 1.807) is 0 Å². The number of fused-ring (bicyclic) bond motifs is 1. The molecule has 0 aromatic heterocycles. The van der Waals surface area contributed by atoms with Crippen molar-refractivity contribution in [2.45, 2.75) is 19.4 Å². The van der Waals surface area contributed by atoms with Crippen LogP contribution in [0.4, 0.5) is 5.69 Å². The standard InChI is InChI=1S/C17H17NO/c19-16-10-11-18(13-14-6-2-1-3-7-14)17-9-5-4-8-15(17)12-16/h1-9H,10-13H2. The Labute approximate surface area is 113 Å². The molecular formula is C17H17NO. The number of ketones is 1. The summed E-state index contributed by atoms with van der Waals surface area (Å²) < 4.78 is 0. The SMILES string of the molecule is O=C1CCN(Cc2ccccc2)c2ccccc2C1. The van der Waals surface area contributed by atoms with Crippen molar-refractivity contribution in [3.8, 4) is 0 Å². The van der Waals surface area contributed by atoms with E-state index >= 15 is 0 Å². The molecule has 2 aromatic carbocycles. The van der Waals surface area contributed by atoms with Gasteiger partial charge in [0.1, 0.15) is 5.78 Å². The Morgan fingerprint density at radius 1 is 0.947 bits per heavy atom. The first kappa shape index (κ1) is 12.0. The normalized spacial score (nSPS) is 14.9. The Morgan fingerprint density at radius 3 is 2.53 bits per heavy atom. The second kappa shape index (κ2) is 5.27. The Morgan fingerprint density at radius 2 is 1.68 bits per heavy atom. The summed E-state index contributed by atoms with van der Waals surface area (Å²) >= 11 is 0. The number of anilines is 1. The third kappa shape index (κ3) is 2.68. The van der Waals surface area contributed by atoms with E-state index in [4.69, 9.17) is 0 Å². The van der Waals surface area contributed by atoms with E-state index in [0.29, 0.717) is 18.6 Å². The summed E-state index contributed by atoms with van der Waals surface area (Å²) in [6.45, 7) is 1.68. The van der Waals surface area contributed by atoms with Crippen LogP contribution < -0.4 is 4.90 Å². The lowest BCUT2D eigenvalue weighted by molar-refractivity contribution is -0.118. The van der Waals surface area contributed by atoms with Gasteiger partial charge in [-0.15, -0.1) is 0 Å². The number of carbonyl (C=O) groups is 1. The Hall–Kier alpha value is -2.09. The molecule has 0 saturated carbocycles. The van der Waals surface area contributed by atoms with Gasteiger partial charge < -0.3 is 4.90 Å². The molecule has 96 valence electrons. The average molecular weight is 251 g/mol. The second-order valence-corrected chi connectivity index (χ2v) is 5.00. The van der Waals surface area contributed by atoms with Crippen LogP contribution in [0.2, 0.25) is 0 Å². The summed E-state index contributed by atoms with van der Waals surface area (Å²) in [5, 5.41) is 0. The van der Waals surface area contributed by atoms with Crippen LogP contribution >= 0.6 is 0 Å². The quantitative estimate of drug-likeness (QED) is 0.817. The summed E-state index contributed by atoms with van der Waals surface area (Å²) in [5.74, 6) is 0.336. The molecule has 0 atom stereocenters. The van der Waals surface area contributed by atoms with Crippen molar-refractivity contribution < 1.29 is 4.79 Å². The van der Waals surface area contributed by atoms with E-state index in [1.807, 2.05) is 18.2 Å². The highest BCUT2D eigenvalue weighted by molar-refractivity contribution is 5.84. The molecule has 1 heterocycles. The highest BCUT2D eigenvalue weighted by atomic mass is 16.1. The monoisotopic (exact) mass is 251 g/mol. The van der Waals surface area contributed by atoms with Crippen LogP contribution in [0.3, 0.4) is 0 Å². The van der Waals surface area contributed by atoms with Crippen molar-refractivity contribution in [1.29, 1.82) is 0 Å². The maximum Gasteiger partial charge on any atom is 0.139 e. The lowest BCUT2D eigenvalue weighted by Gasteiger charge is -2.24. The predicted molar refractivity (Wildman–Crippen MR) is 77.3 cm³/mol. The number of carbonyl (C=O) groups excluding carboxylic acids is 1. The summed E-state index contributed by atoms with van der Waals surface area (Å²) in [6, 6.07) is 18.7. The largest absolute Gasteiger partial charge is 0.367 e. The molecule has 0 bridgehead atoms. The minimum atomic E-state index is 0.336. The van der Waals surface area contributed by atoms with Crippen LogP contribution in [0.1, 0.15) is 17.5 Å². The van der Waals surface area contributed by atoms with E-state index in [2.05, 4.69) is 41.3 Å². The van der Waals surface area contributed by atoms with Crippen LogP contribution in [0, 0.1) is 0 Å². The molecule has 2 nitrogen and oxygen atoms in total. The van der Waals surface area contributed by atoms with E-state index in [0.717, 1.165) is 18.7 Å². The van der Waals surface area contributed by atoms with Gasteiger partial charge in [0, 0.05) is 31.6 Å². The molecule has 19 heavy (non-hydrogen) atoms. The third-order valence-corrected chi connectivity index (χ3v) is 3.60. The Kier molecular flexibility index (Phi) is 3.32. The molecule has 0 spiro atoms. The molecule has 0 radical (unpaired) electrons. The van der Waals surface area contributed by atoms with Gasteiger partial charge in [-0.3, -0.25) is 4.79 Å². The zero-order valence-electron chi connectivity index (χ0n) is 10.9. The summed E-state index contributed by atoms with van der Waals surface area (Å²) in [5.41, 5.74) is 3.64. The number of rotatable bonds is 2. The van der Waals surface area contributed by atoms with Crippen LogP contribution in [-0.4, -0.2) is 12.3 Å². The fourth-order valence-electron chi connectivity index (χ4n) is 2.62. The second-order valence-electron chi connectivity index (χ2n) is 5.00. The molecule has 1 aliphatic heterocycles. The first-order valence-corrected chi connectivity index (χ1v) is 6.71. The maximum atomic E-state index is 11.8. The summed E-state index contributed by atoms with van der Waals surface area (Å²) in [6.07, 6.45) is 1.21. The molecule has 0 aliphatic carbocycles. The fourth-order valence-corrected chi connectivity index (χ4v) is 2.62. The highest BCUT2D eigenvalue weighted by Crippen LogP contribution is 2.26. The number of nitrogens with zero attached hydrogens (tertiary/aromatic N) is 1.